The number of nitrogens with two attached hydrogens (primary N) is 1. The highest BCUT2D eigenvalue weighted by Crippen LogP contribution is 2.21. The van der Waals surface area contributed by atoms with Gasteiger partial charge < -0.3 is 16.2 Å². The van der Waals surface area contributed by atoms with Gasteiger partial charge in [0, 0.05) is 6.20 Å². The van der Waals surface area contributed by atoms with Gasteiger partial charge in [-0.05, 0) is 26.0 Å². The second-order valence-electron chi connectivity index (χ2n) is 4.66. The van der Waals surface area contributed by atoms with Gasteiger partial charge in [-0.15, -0.1) is 0 Å². The van der Waals surface area contributed by atoms with Crippen LogP contribution >= 0.6 is 0 Å². The van der Waals surface area contributed by atoms with Crippen molar-refractivity contribution in [2.45, 2.75) is 19.4 Å². The molecule has 1 amide bonds. The van der Waals surface area contributed by atoms with Crippen LogP contribution in [0.5, 0.6) is 0 Å². The molecule has 0 radical (unpaired) electrons. The molecule has 7 heteroatoms. The molecule has 2 aromatic heterocycles. The van der Waals surface area contributed by atoms with E-state index in [1.165, 1.54) is 4.40 Å². The van der Waals surface area contributed by atoms with Gasteiger partial charge in [0.2, 0.25) is 5.91 Å². The fraction of sp³-hybridized carbons (Fsp3) is 0.250. The van der Waals surface area contributed by atoms with Gasteiger partial charge >= 0.3 is 5.97 Å². The van der Waals surface area contributed by atoms with E-state index in [1.807, 2.05) is 0 Å². The minimum Gasteiger partial charge on any atom is -0.476 e. The smallest absolute Gasteiger partial charge is 0.356 e. The van der Waals surface area contributed by atoms with Crippen molar-refractivity contribution in [3.8, 4) is 0 Å². The van der Waals surface area contributed by atoms with Crippen LogP contribution in [0.2, 0.25) is 0 Å². The molecule has 0 unspecified atom stereocenters. The number of aromatic carboxylic acids is 1. The molecule has 0 aromatic carbocycles. The van der Waals surface area contributed by atoms with Crippen molar-refractivity contribution in [1.82, 2.24) is 9.38 Å². The van der Waals surface area contributed by atoms with Gasteiger partial charge in [0.1, 0.15) is 11.2 Å². The quantitative estimate of drug-likeness (QED) is 0.751. The number of nitrogens with zero attached hydrogens (tertiary/aromatic N) is 2. The Hall–Kier alpha value is -2.57. The molecule has 0 fully saturated rings. The van der Waals surface area contributed by atoms with Crippen LogP contribution in [0.15, 0.2) is 24.4 Å². The lowest BCUT2D eigenvalue weighted by Crippen LogP contribution is -2.45. The number of amides is 1. The van der Waals surface area contributed by atoms with Crippen LogP contribution in [0.1, 0.15) is 24.3 Å². The molecule has 0 bridgehead atoms. The van der Waals surface area contributed by atoms with Crippen LogP contribution < -0.4 is 11.1 Å². The molecule has 19 heavy (non-hydrogen) atoms. The monoisotopic (exact) mass is 262 g/mol. The zero-order valence-corrected chi connectivity index (χ0v) is 10.5. The molecule has 0 saturated carbocycles. The summed E-state index contributed by atoms with van der Waals surface area (Å²) in [4.78, 5) is 26.8. The number of anilines is 1. The highest BCUT2D eigenvalue weighted by atomic mass is 16.4. The van der Waals surface area contributed by atoms with E-state index in [1.54, 1.807) is 38.2 Å². The summed E-state index contributed by atoms with van der Waals surface area (Å²) in [6.07, 6.45) is 1.59. The van der Waals surface area contributed by atoms with E-state index in [0.29, 0.717) is 5.65 Å². The van der Waals surface area contributed by atoms with E-state index < -0.39 is 17.4 Å². The van der Waals surface area contributed by atoms with Crippen LogP contribution in [-0.2, 0) is 4.79 Å². The first-order valence-corrected chi connectivity index (χ1v) is 5.61. The van der Waals surface area contributed by atoms with E-state index >= 15 is 0 Å². The first-order chi connectivity index (χ1) is 8.83. The minimum atomic E-state index is -1.14. The third-order valence-corrected chi connectivity index (χ3v) is 2.78. The molecule has 2 aromatic rings. The Morgan fingerprint density at radius 1 is 1.42 bits per heavy atom. The van der Waals surface area contributed by atoms with Gasteiger partial charge in [0.05, 0.1) is 0 Å². The van der Waals surface area contributed by atoms with Crippen molar-refractivity contribution in [2.75, 3.05) is 5.32 Å². The van der Waals surface area contributed by atoms with Crippen LogP contribution in [0, 0.1) is 0 Å². The topological polar surface area (TPSA) is 110 Å². The Bertz CT molecular complexity index is 660. The minimum absolute atomic E-state index is 0.0371. The standard InChI is InChI=1S/C12H14N4O3/c1-12(2,11(13)19)15-9-8(10(17)18)16-6-4-3-5-7(16)14-9/h3-6,15H,1-2H3,(H2,13,19)(H,17,18). The lowest BCUT2D eigenvalue weighted by molar-refractivity contribution is -0.121. The first kappa shape index (κ1) is 12.9. The van der Waals surface area contributed by atoms with E-state index in [-0.39, 0.29) is 11.5 Å². The number of carboxylic acids is 1. The molecule has 0 aliphatic heterocycles. The number of primary amides is 1. The van der Waals surface area contributed by atoms with Crippen LogP contribution in [0.25, 0.3) is 5.65 Å². The molecular formula is C12H14N4O3. The molecule has 0 aliphatic carbocycles. The number of carbonyl (C=O) groups is 2. The predicted molar refractivity (Wildman–Crippen MR) is 69.0 cm³/mol. The lowest BCUT2D eigenvalue weighted by atomic mass is 10.1. The summed E-state index contributed by atoms with van der Waals surface area (Å²) in [5, 5.41) is 12.0. The Morgan fingerprint density at radius 3 is 2.68 bits per heavy atom. The van der Waals surface area contributed by atoms with E-state index in [0.717, 1.165) is 0 Å². The van der Waals surface area contributed by atoms with Crippen molar-refractivity contribution in [3.05, 3.63) is 30.1 Å². The highest BCUT2D eigenvalue weighted by Gasteiger charge is 2.29. The number of carboxylic acid groups (broad SMARTS) is 1. The maximum atomic E-state index is 11.3. The van der Waals surface area contributed by atoms with Gasteiger partial charge in [-0.1, -0.05) is 6.07 Å². The molecule has 0 spiro atoms. The Kier molecular flexibility index (Phi) is 2.89. The van der Waals surface area contributed by atoms with Crippen LogP contribution in [-0.4, -0.2) is 31.9 Å². The molecule has 0 saturated heterocycles. The van der Waals surface area contributed by atoms with E-state index in [9.17, 15) is 14.7 Å². The predicted octanol–water partition coefficient (Wildman–Crippen LogP) is 0.708. The Labute approximate surface area is 109 Å². The number of fused-ring (bicyclic) bond motifs is 1. The molecule has 2 rings (SSSR count). The molecule has 0 aliphatic rings. The van der Waals surface area contributed by atoms with Crippen LogP contribution in [0.4, 0.5) is 5.82 Å². The van der Waals surface area contributed by atoms with Gasteiger partial charge in [-0.25, -0.2) is 9.78 Å². The highest BCUT2D eigenvalue weighted by molar-refractivity contribution is 5.95. The van der Waals surface area contributed by atoms with Gasteiger partial charge in [-0.2, -0.15) is 0 Å². The lowest BCUT2D eigenvalue weighted by Gasteiger charge is -2.22. The average Bonchev–Trinajstić information content (AvgIpc) is 2.65. The normalized spacial score (nSPS) is 11.5. The Morgan fingerprint density at radius 2 is 2.11 bits per heavy atom. The third kappa shape index (κ3) is 2.22. The average molecular weight is 262 g/mol. The third-order valence-electron chi connectivity index (χ3n) is 2.78. The van der Waals surface area contributed by atoms with Crippen LogP contribution in [0.3, 0.4) is 0 Å². The van der Waals surface area contributed by atoms with E-state index in [4.69, 9.17) is 5.73 Å². The number of aromatic nitrogens is 2. The second kappa shape index (κ2) is 4.27. The summed E-state index contributed by atoms with van der Waals surface area (Å²) in [6, 6.07) is 5.12. The summed E-state index contributed by atoms with van der Waals surface area (Å²) in [5.41, 5.74) is 4.60. The van der Waals surface area contributed by atoms with Crippen molar-refractivity contribution in [3.63, 3.8) is 0 Å². The molecular weight excluding hydrogens is 248 g/mol. The SMILES string of the molecule is CC(C)(Nc1nc2ccccn2c1C(=O)O)C(N)=O. The molecule has 2 heterocycles. The number of nitrogens with one attached hydrogen (secondary N) is 1. The summed E-state index contributed by atoms with van der Waals surface area (Å²) in [6.45, 7) is 3.12. The number of pyridine rings is 1. The second-order valence-corrected chi connectivity index (χ2v) is 4.66. The van der Waals surface area contributed by atoms with Crippen molar-refractivity contribution >= 4 is 23.3 Å². The van der Waals surface area contributed by atoms with Gasteiger partial charge in [0.25, 0.3) is 0 Å². The largest absolute Gasteiger partial charge is 0.476 e. The summed E-state index contributed by atoms with van der Waals surface area (Å²) >= 11 is 0. The summed E-state index contributed by atoms with van der Waals surface area (Å²) < 4.78 is 1.43. The van der Waals surface area contributed by atoms with Gasteiger partial charge in [0.15, 0.2) is 11.5 Å². The number of hydrogen-bond donors (Lipinski definition) is 3. The summed E-state index contributed by atoms with van der Waals surface area (Å²) in [7, 11) is 0. The van der Waals surface area contributed by atoms with E-state index in [2.05, 4.69) is 10.3 Å². The first-order valence-electron chi connectivity index (χ1n) is 5.61. The fourth-order valence-corrected chi connectivity index (χ4v) is 1.64. The molecule has 0 atom stereocenters. The fourth-order valence-electron chi connectivity index (χ4n) is 1.64. The maximum absolute atomic E-state index is 11.3. The number of hydrogen-bond acceptors (Lipinski definition) is 4. The zero-order valence-electron chi connectivity index (χ0n) is 10.5. The number of imidazole rings is 1. The van der Waals surface area contributed by atoms with Crippen molar-refractivity contribution in [1.29, 1.82) is 0 Å². The summed E-state index contributed by atoms with van der Waals surface area (Å²) in [5.74, 6) is -1.62. The molecule has 100 valence electrons. The van der Waals surface area contributed by atoms with Crippen molar-refractivity contribution < 1.29 is 14.7 Å². The zero-order chi connectivity index (χ0) is 14.2. The number of rotatable bonds is 4. The van der Waals surface area contributed by atoms with Crippen molar-refractivity contribution in [2.24, 2.45) is 5.73 Å². The molecule has 7 nitrogen and oxygen atoms in total. The Balaban J connectivity index is 2.57. The number of carbonyl (C=O) groups excluding carboxylic acids is 1. The maximum Gasteiger partial charge on any atom is 0.356 e. The molecule has 4 N–H and O–H groups in total. The van der Waals surface area contributed by atoms with Gasteiger partial charge in [-0.3, -0.25) is 9.20 Å².